The summed E-state index contributed by atoms with van der Waals surface area (Å²) in [6, 6.07) is 9.92. The second-order valence-corrected chi connectivity index (χ2v) is 5.07. The van der Waals surface area contributed by atoms with E-state index in [-0.39, 0.29) is 12.1 Å². The number of benzene rings is 1. The fraction of sp³-hybridized carbons (Fsp3) is 0.118. The van der Waals surface area contributed by atoms with Crippen molar-refractivity contribution in [3.8, 4) is 22.8 Å². The number of carboxylic acid groups (broad SMARTS) is 1. The van der Waals surface area contributed by atoms with Crippen molar-refractivity contribution in [2.75, 3.05) is 6.54 Å². The Kier molecular flexibility index (Phi) is 4.51. The van der Waals surface area contributed by atoms with E-state index in [1.54, 1.807) is 49.6 Å². The van der Waals surface area contributed by atoms with Gasteiger partial charge in [0.1, 0.15) is 0 Å². The number of hydrogen-bond donors (Lipinski definition) is 1. The number of hydrogen-bond acceptors (Lipinski definition) is 6. The zero-order valence-electron chi connectivity index (χ0n) is 13.3. The van der Waals surface area contributed by atoms with E-state index in [0.29, 0.717) is 17.3 Å². The summed E-state index contributed by atoms with van der Waals surface area (Å²) in [6.45, 7) is 1.66. The lowest BCUT2D eigenvalue weighted by Gasteiger charge is -2.14. The van der Waals surface area contributed by atoms with Crippen LogP contribution in [0.5, 0.6) is 0 Å². The third-order valence-electron chi connectivity index (χ3n) is 3.51. The highest BCUT2D eigenvalue weighted by Crippen LogP contribution is 2.22. The molecule has 2 amide bonds. The van der Waals surface area contributed by atoms with Gasteiger partial charge in [0.25, 0.3) is 11.8 Å². The Balaban J connectivity index is 1.91. The molecule has 1 aromatic carbocycles. The number of rotatable bonds is 4. The van der Waals surface area contributed by atoms with Gasteiger partial charge in [0.2, 0.25) is 5.82 Å². The average Bonchev–Trinajstić information content (AvgIpc) is 3.13. The Hall–Kier alpha value is -3.55. The molecule has 3 aromatic rings. The maximum absolute atomic E-state index is 12.3. The van der Waals surface area contributed by atoms with E-state index < -0.39 is 12.0 Å². The minimum Gasteiger partial charge on any atom is -0.465 e. The third kappa shape index (κ3) is 3.37. The van der Waals surface area contributed by atoms with Crippen LogP contribution in [0, 0.1) is 0 Å². The highest BCUT2D eigenvalue weighted by Gasteiger charge is 2.21. The van der Waals surface area contributed by atoms with Crippen LogP contribution in [-0.4, -0.2) is 43.7 Å². The molecule has 8 heteroatoms. The Bertz CT molecular complexity index is 908. The van der Waals surface area contributed by atoms with Gasteiger partial charge in [-0.15, -0.1) is 0 Å². The van der Waals surface area contributed by atoms with Gasteiger partial charge in [-0.05, 0) is 31.2 Å². The molecular formula is C17H14N4O4. The average molecular weight is 338 g/mol. The fourth-order valence-corrected chi connectivity index (χ4v) is 2.27. The number of carbonyl (C=O) groups is 2. The van der Waals surface area contributed by atoms with Crippen LogP contribution in [-0.2, 0) is 0 Å². The van der Waals surface area contributed by atoms with E-state index in [4.69, 9.17) is 9.63 Å². The second-order valence-electron chi connectivity index (χ2n) is 5.07. The van der Waals surface area contributed by atoms with E-state index in [0.717, 1.165) is 10.5 Å². The van der Waals surface area contributed by atoms with Gasteiger partial charge in [0.05, 0.1) is 0 Å². The van der Waals surface area contributed by atoms with Crippen molar-refractivity contribution >= 4 is 12.0 Å². The first-order chi connectivity index (χ1) is 12.1. The summed E-state index contributed by atoms with van der Waals surface area (Å²) in [5, 5.41) is 13.0. The predicted molar refractivity (Wildman–Crippen MR) is 87.7 cm³/mol. The van der Waals surface area contributed by atoms with Crippen molar-refractivity contribution in [3.05, 3.63) is 54.4 Å². The van der Waals surface area contributed by atoms with Gasteiger partial charge in [-0.25, -0.2) is 9.69 Å². The summed E-state index contributed by atoms with van der Waals surface area (Å²) in [5.74, 6) is 0.0318. The number of aromatic nitrogens is 3. The van der Waals surface area contributed by atoms with Gasteiger partial charge in [-0.2, -0.15) is 4.98 Å². The van der Waals surface area contributed by atoms with Crippen molar-refractivity contribution < 1.29 is 19.2 Å². The summed E-state index contributed by atoms with van der Waals surface area (Å²) in [4.78, 5) is 32.4. The van der Waals surface area contributed by atoms with Crippen LogP contribution in [0.2, 0.25) is 0 Å². The first kappa shape index (κ1) is 16.3. The molecule has 3 rings (SSSR count). The number of nitrogens with zero attached hydrogens (tertiary/aromatic N) is 4. The normalized spacial score (nSPS) is 10.4. The molecule has 2 aromatic heterocycles. The first-order valence-corrected chi connectivity index (χ1v) is 7.49. The van der Waals surface area contributed by atoms with Crippen LogP contribution in [0.15, 0.2) is 53.3 Å². The van der Waals surface area contributed by atoms with Crippen molar-refractivity contribution in [2.45, 2.75) is 6.92 Å². The lowest BCUT2D eigenvalue weighted by Crippen LogP contribution is -2.35. The van der Waals surface area contributed by atoms with Crippen molar-refractivity contribution in [2.24, 2.45) is 0 Å². The summed E-state index contributed by atoms with van der Waals surface area (Å²) in [7, 11) is 0. The smallest absolute Gasteiger partial charge is 0.414 e. The van der Waals surface area contributed by atoms with Crippen LogP contribution >= 0.6 is 0 Å². The maximum atomic E-state index is 12.3. The van der Waals surface area contributed by atoms with Crippen LogP contribution in [0.4, 0.5) is 4.79 Å². The second kappa shape index (κ2) is 6.91. The van der Waals surface area contributed by atoms with Crippen LogP contribution < -0.4 is 0 Å². The zero-order valence-corrected chi connectivity index (χ0v) is 13.3. The molecule has 0 bridgehead atoms. The van der Waals surface area contributed by atoms with Gasteiger partial charge in [0, 0.05) is 35.6 Å². The summed E-state index contributed by atoms with van der Waals surface area (Å²) in [6.07, 6.45) is 1.94. The molecule has 0 saturated heterocycles. The minimum atomic E-state index is -1.29. The lowest BCUT2D eigenvalue weighted by atomic mass is 10.1. The van der Waals surface area contributed by atoms with Crippen LogP contribution in [0.3, 0.4) is 0 Å². The van der Waals surface area contributed by atoms with Gasteiger partial charge in [-0.3, -0.25) is 9.78 Å². The Morgan fingerprint density at radius 3 is 2.60 bits per heavy atom. The van der Waals surface area contributed by atoms with Gasteiger partial charge in [0.15, 0.2) is 0 Å². The highest BCUT2D eigenvalue weighted by atomic mass is 16.5. The lowest BCUT2D eigenvalue weighted by molar-refractivity contribution is 0.0751. The van der Waals surface area contributed by atoms with E-state index in [1.807, 2.05) is 0 Å². The van der Waals surface area contributed by atoms with E-state index in [2.05, 4.69) is 15.1 Å². The van der Waals surface area contributed by atoms with Crippen molar-refractivity contribution in [1.82, 2.24) is 20.0 Å². The fourth-order valence-electron chi connectivity index (χ4n) is 2.27. The van der Waals surface area contributed by atoms with Gasteiger partial charge >= 0.3 is 6.09 Å². The summed E-state index contributed by atoms with van der Waals surface area (Å²) in [5.41, 5.74) is 1.51. The highest BCUT2D eigenvalue weighted by molar-refractivity contribution is 6.03. The van der Waals surface area contributed by atoms with E-state index >= 15 is 0 Å². The molecule has 0 spiro atoms. The molecular weight excluding hydrogens is 324 g/mol. The topological polar surface area (TPSA) is 109 Å². The molecule has 25 heavy (non-hydrogen) atoms. The summed E-state index contributed by atoms with van der Waals surface area (Å²) < 4.78 is 5.23. The number of carbonyl (C=O) groups excluding carboxylic acids is 1. The molecule has 0 atom stereocenters. The molecule has 2 heterocycles. The Morgan fingerprint density at radius 1 is 1.16 bits per heavy atom. The number of imide groups is 1. The standard InChI is InChI=1S/C17H14N4O4/c1-2-21(17(23)24)16(22)13-5-3-4-12(10-13)14-19-15(25-20-14)11-6-8-18-9-7-11/h3-10H,2H2,1H3,(H,23,24). The molecule has 1 N–H and O–H groups in total. The largest absolute Gasteiger partial charge is 0.465 e. The Labute approximate surface area is 142 Å². The van der Waals surface area contributed by atoms with E-state index in [1.165, 1.54) is 6.07 Å². The number of amides is 2. The molecule has 0 saturated carbocycles. The molecule has 0 fully saturated rings. The van der Waals surface area contributed by atoms with E-state index in [9.17, 15) is 9.59 Å². The molecule has 0 aliphatic rings. The molecule has 0 radical (unpaired) electrons. The molecule has 126 valence electrons. The van der Waals surface area contributed by atoms with Crippen molar-refractivity contribution in [1.29, 1.82) is 0 Å². The quantitative estimate of drug-likeness (QED) is 0.778. The molecule has 0 unspecified atom stereocenters. The molecule has 8 nitrogen and oxygen atoms in total. The third-order valence-corrected chi connectivity index (χ3v) is 3.51. The first-order valence-electron chi connectivity index (χ1n) is 7.49. The van der Waals surface area contributed by atoms with Crippen LogP contribution in [0.25, 0.3) is 22.8 Å². The van der Waals surface area contributed by atoms with Crippen LogP contribution in [0.1, 0.15) is 17.3 Å². The predicted octanol–water partition coefficient (Wildman–Crippen LogP) is 2.94. The van der Waals surface area contributed by atoms with Gasteiger partial charge < -0.3 is 9.63 Å². The van der Waals surface area contributed by atoms with Gasteiger partial charge in [-0.1, -0.05) is 17.3 Å². The monoisotopic (exact) mass is 338 g/mol. The molecule has 0 aliphatic heterocycles. The maximum Gasteiger partial charge on any atom is 0.414 e. The SMILES string of the molecule is CCN(C(=O)O)C(=O)c1cccc(-c2noc(-c3ccncc3)n2)c1. The summed E-state index contributed by atoms with van der Waals surface area (Å²) >= 11 is 0. The van der Waals surface area contributed by atoms with Crippen molar-refractivity contribution in [3.63, 3.8) is 0 Å². The zero-order chi connectivity index (χ0) is 17.8. The minimum absolute atomic E-state index is 0.0623. The number of pyridine rings is 1. The Morgan fingerprint density at radius 2 is 1.92 bits per heavy atom. The molecule has 0 aliphatic carbocycles.